The lowest BCUT2D eigenvalue weighted by molar-refractivity contribution is -0.138. The number of fused-ring (bicyclic) bond motifs is 1. The molecule has 2 aliphatic heterocycles. The first-order valence-corrected chi connectivity index (χ1v) is 9.68. The fourth-order valence-corrected chi connectivity index (χ4v) is 3.94. The van der Waals surface area contributed by atoms with Crippen LogP contribution in [0.5, 0.6) is 5.75 Å². The van der Waals surface area contributed by atoms with E-state index in [1.54, 1.807) is 32.1 Å². The van der Waals surface area contributed by atoms with Gasteiger partial charge in [-0.25, -0.2) is 4.39 Å². The van der Waals surface area contributed by atoms with Crippen molar-refractivity contribution in [2.75, 3.05) is 12.4 Å². The molecule has 0 aromatic heterocycles. The van der Waals surface area contributed by atoms with Crippen LogP contribution in [0.1, 0.15) is 34.3 Å². The van der Waals surface area contributed by atoms with Gasteiger partial charge in [0.15, 0.2) is 0 Å². The van der Waals surface area contributed by atoms with Gasteiger partial charge >= 0.3 is 0 Å². The van der Waals surface area contributed by atoms with Crippen molar-refractivity contribution in [2.45, 2.75) is 31.4 Å². The Labute approximate surface area is 174 Å². The van der Waals surface area contributed by atoms with Gasteiger partial charge in [-0.3, -0.25) is 19.7 Å². The molecular weight excluding hydrogens is 388 g/mol. The van der Waals surface area contributed by atoms with Crippen LogP contribution >= 0.6 is 0 Å². The van der Waals surface area contributed by atoms with Crippen LogP contribution in [0.15, 0.2) is 36.4 Å². The maximum absolute atomic E-state index is 14.3. The highest BCUT2D eigenvalue weighted by Crippen LogP contribution is 2.36. The zero-order valence-electron chi connectivity index (χ0n) is 16.8. The number of hydrogen-bond acceptors (Lipinski definition) is 5. The SMILES string of the molecule is BC1(N2Cc3c(NCc4ccc(OC)cc4F)cccc3C2=O)CCC(=O)NC1=O. The molecule has 3 amide bonds. The first-order chi connectivity index (χ1) is 14.3. The quantitative estimate of drug-likeness (QED) is 0.572. The van der Waals surface area contributed by atoms with Crippen LogP contribution in [0.2, 0.25) is 0 Å². The Balaban J connectivity index is 1.56. The number of nitrogens with zero attached hydrogens (tertiary/aromatic N) is 1. The van der Waals surface area contributed by atoms with Crippen molar-refractivity contribution in [2.24, 2.45) is 0 Å². The molecule has 2 heterocycles. The number of methoxy groups -OCH3 is 1. The third-order valence-electron chi connectivity index (χ3n) is 5.87. The second-order valence-electron chi connectivity index (χ2n) is 7.69. The first kappa shape index (κ1) is 19.9. The number of piperidine rings is 1. The van der Waals surface area contributed by atoms with Crippen molar-refractivity contribution < 1.29 is 23.5 Å². The average Bonchev–Trinajstić information content (AvgIpc) is 3.08. The number of hydrogen-bond donors (Lipinski definition) is 2. The molecule has 2 aliphatic rings. The highest BCUT2D eigenvalue weighted by molar-refractivity contribution is 6.32. The average molecular weight is 409 g/mol. The van der Waals surface area contributed by atoms with E-state index in [-0.39, 0.29) is 43.6 Å². The van der Waals surface area contributed by atoms with E-state index in [1.807, 2.05) is 6.07 Å². The van der Waals surface area contributed by atoms with E-state index in [9.17, 15) is 18.8 Å². The van der Waals surface area contributed by atoms with Crippen LogP contribution in [-0.4, -0.2) is 43.0 Å². The molecule has 2 aromatic rings. The summed E-state index contributed by atoms with van der Waals surface area (Å²) in [5.74, 6) is -0.990. The highest BCUT2D eigenvalue weighted by atomic mass is 19.1. The Morgan fingerprint density at radius 3 is 2.77 bits per heavy atom. The summed E-state index contributed by atoms with van der Waals surface area (Å²) >= 11 is 0. The minimum atomic E-state index is -1.09. The fraction of sp³-hybridized carbons (Fsp3) is 0.286. The molecule has 2 aromatic carbocycles. The van der Waals surface area contributed by atoms with E-state index in [4.69, 9.17) is 4.74 Å². The van der Waals surface area contributed by atoms with Gasteiger partial charge in [0.1, 0.15) is 19.4 Å². The monoisotopic (exact) mass is 409 g/mol. The summed E-state index contributed by atoms with van der Waals surface area (Å²) in [7, 11) is 3.16. The second kappa shape index (κ2) is 7.48. The Bertz CT molecular complexity index is 1060. The number of imide groups is 1. The molecule has 1 atom stereocenters. The smallest absolute Gasteiger partial charge is 0.254 e. The van der Waals surface area contributed by atoms with Gasteiger partial charge in [-0.1, -0.05) is 12.1 Å². The van der Waals surface area contributed by atoms with Crippen LogP contribution in [0.25, 0.3) is 0 Å². The molecule has 0 radical (unpaired) electrons. The second-order valence-corrected chi connectivity index (χ2v) is 7.69. The number of nitrogens with one attached hydrogen (secondary N) is 2. The van der Waals surface area contributed by atoms with Gasteiger partial charge in [0.05, 0.1) is 12.5 Å². The number of ether oxygens (including phenoxy) is 1. The Hall–Kier alpha value is -3.36. The number of carbonyl (C=O) groups is 3. The molecule has 0 aliphatic carbocycles. The number of halogens is 1. The zero-order valence-corrected chi connectivity index (χ0v) is 16.8. The van der Waals surface area contributed by atoms with Crippen LogP contribution in [0.4, 0.5) is 10.1 Å². The van der Waals surface area contributed by atoms with Crippen molar-refractivity contribution >= 4 is 31.3 Å². The summed E-state index contributed by atoms with van der Waals surface area (Å²) in [6.07, 6.45) is 0.460. The predicted molar refractivity (Wildman–Crippen MR) is 110 cm³/mol. The Kier molecular flexibility index (Phi) is 4.97. The summed E-state index contributed by atoms with van der Waals surface area (Å²) in [6, 6.07) is 9.94. The van der Waals surface area contributed by atoms with Crippen LogP contribution in [0.3, 0.4) is 0 Å². The van der Waals surface area contributed by atoms with E-state index in [0.717, 1.165) is 5.56 Å². The molecule has 4 rings (SSSR count). The van der Waals surface area contributed by atoms with E-state index in [2.05, 4.69) is 10.6 Å². The van der Waals surface area contributed by atoms with Crippen LogP contribution in [-0.2, 0) is 22.7 Å². The summed E-state index contributed by atoms with van der Waals surface area (Å²) in [4.78, 5) is 38.6. The number of rotatable bonds is 5. The number of amides is 3. The van der Waals surface area contributed by atoms with Crippen molar-refractivity contribution in [3.05, 3.63) is 58.9 Å². The summed E-state index contributed by atoms with van der Waals surface area (Å²) in [5.41, 5.74) is 1.33. The molecule has 1 saturated heterocycles. The van der Waals surface area contributed by atoms with E-state index < -0.39 is 11.3 Å². The molecule has 154 valence electrons. The normalized spacial score (nSPS) is 20.7. The molecule has 1 fully saturated rings. The van der Waals surface area contributed by atoms with Crippen LogP contribution in [0, 0.1) is 5.82 Å². The third-order valence-corrected chi connectivity index (χ3v) is 5.87. The third kappa shape index (κ3) is 3.30. The van der Waals surface area contributed by atoms with Crippen molar-refractivity contribution in [1.82, 2.24) is 10.2 Å². The molecule has 9 heteroatoms. The van der Waals surface area contributed by atoms with Crippen molar-refractivity contribution in [3.63, 3.8) is 0 Å². The summed E-state index contributed by atoms with van der Waals surface area (Å²) in [6.45, 7) is 0.466. The first-order valence-electron chi connectivity index (χ1n) is 9.68. The van der Waals surface area contributed by atoms with E-state index in [0.29, 0.717) is 22.6 Å². The zero-order chi connectivity index (χ0) is 21.5. The minimum Gasteiger partial charge on any atom is -0.497 e. The van der Waals surface area contributed by atoms with Gasteiger partial charge in [-0.15, -0.1) is 0 Å². The number of anilines is 1. The molecule has 0 bridgehead atoms. The minimum absolute atomic E-state index is 0.185. The Morgan fingerprint density at radius 2 is 2.07 bits per heavy atom. The topological polar surface area (TPSA) is 87.7 Å². The lowest BCUT2D eigenvalue weighted by Gasteiger charge is -2.40. The largest absolute Gasteiger partial charge is 0.497 e. The van der Waals surface area contributed by atoms with Gasteiger partial charge in [-0.2, -0.15) is 0 Å². The van der Waals surface area contributed by atoms with Gasteiger partial charge in [0.2, 0.25) is 11.8 Å². The fourth-order valence-electron chi connectivity index (χ4n) is 3.94. The highest BCUT2D eigenvalue weighted by Gasteiger charge is 2.48. The predicted octanol–water partition coefficient (Wildman–Crippen LogP) is 1.17. The summed E-state index contributed by atoms with van der Waals surface area (Å²) in [5, 5.41) is 5.53. The number of benzene rings is 2. The molecule has 0 saturated carbocycles. The maximum atomic E-state index is 14.3. The van der Waals surface area contributed by atoms with Gasteiger partial charge < -0.3 is 15.0 Å². The summed E-state index contributed by atoms with van der Waals surface area (Å²) < 4.78 is 19.3. The van der Waals surface area contributed by atoms with Gasteiger partial charge in [-0.05, 0) is 24.6 Å². The van der Waals surface area contributed by atoms with Crippen molar-refractivity contribution in [1.29, 1.82) is 0 Å². The van der Waals surface area contributed by atoms with E-state index >= 15 is 0 Å². The van der Waals surface area contributed by atoms with Crippen LogP contribution < -0.4 is 15.4 Å². The standard InChI is InChI=1S/C21H21BFN3O4/c1-30-13-6-5-12(16(23)9-13)10-24-17-4-2-3-14-15(17)11-26(19(14)28)21(22)8-7-18(27)25-20(21)29/h2-6,9,24H,7-8,10-11,22H2,1H3,(H,25,27,29). The molecule has 30 heavy (non-hydrogen) atoms. The van der Waals surface area contributed by atoms with Crippen molar-refractivity contribution in [3.8, 4) is 5.75 Å². The lowest BCUT2D eigenvalue weighted by atomic mass is 9.70. The molecular formula is C21H21BFN3O4. The van der Waals surface area contributed by atoms with Gasteiger partial charge in [0.25, 0.3) is 5.91 Å². The van der Waals surface area contributed by atoms with E-state index in [1.165, 1.54) is 18.1 Å². The molecule has 0 spiro atoms. The number of carbonyl (C=O) groups excluding carboxylic acids is 3. The molecule has 2 N–H and O–H groups in total. The maximum Gasteiger partial charge on any atom is 0.254 e. The molecule has 1 unspecified atom stereocenters. The lowest BCUT2D eigenvalue weighted by Crippen LogP contribution is -2.63. The molecule has 7 nitrogen and oxygen atoms in total. The Morgan fingerprint density at radius 1 is 1.27 bits per heavy atom. The van der Waals surface area contributed by atoms with Gasteiger partial charge in [0, 0.05) is 48.0 Å².